The number of nitrogens with one attached hydrogen (secondary N) is 1. The van der Waals surface area contributed by atoms with E-state index >= 15 is 0 Å². The zero-order valence-corrected chi connectivity index (χ0v) is 10.8. The number of aliphatic hydroxyl groups is 1. The fourth-order valence-corrected chi connectivity index (χ4v) is 1.95. The highest BCUT2D eigenvalue weighted by Crippen LogP contribution is 2.29. The molecule has 2 N–H and O–H groups in total. The topological polar surface area (TPSA) is 41.5 Å². The van der Waals surface area contributed by atoms with E-state index in [0.29, 0.717) is 13.1 Å². The van der Waals surface area contributed by atoms with Crippen LogP contribution in [0, 0.1) is 13.8 Å². The third-order valence-corrected chi connectivity index (χ3v) is 2.64. The summed E-state index contributed by atoms with van der Waals surface area (Å²) >= 11 is 0. The molecule has 0 saturated heterocycles. The van der Waals surface area contributed by atoms with Gasteiger partial charge < -0.3 is 15.2 Å². The largest absolute Gasteiger partial charge is 0.496 e. The summed E-state index contributed by atoms with van der Waals surface area (Å²) in [5.74, 6) is 0.767. The summed E-state index contributed by atoms with van der Waals surface area (Å²) in [6, 6.07) is 4.01. The van der Waals surface area contributed by atoms with Crippen LogP contribution < -0.4 is 10.1 Å². The lowest BCUT2D eigenvalue weighted by Gasteiger charge is -2.17. The van der Waals surface area contributed by atoms with E-state index in [1.54, 1.807) is 13.2 Å². The zero-order valence-electron chi connectivity index (χ0n) is 10.8. The fraction of sp³-hybridized carbons (Fsp3) is 0.429. The normalized spacial score (nSPS) is 12.2. The maximum absolute atomic E-state index is 10.1. The fourth-order valence-electron chi connectivity index (χ4n) is 1.95. The predicted molar refractivity (Wildman–Crippen MR) is 70.5 cm³/mol. The standard InChI is InChI=1S/C14H21NO2/c1-5-6-15-9-13(16)12-8-10(2)7-11(3)14(12)17-4/h5,7-8,13,15-16H,1,6,9H2,2-4H3. The maximum atomic E-state index is 10.1. The third kappa shape index (κ3) is 3.58. The maximum Gasteiger partial charge on any atom is 0.127 e. The zero-order chi connectivity index (χ0) is 12.8. The minimum atomic E-state index is -0.566. The number of rotatable bonds is 6. The van der Waals surface area contributed by atoms with Crippen LogP contribution in [-0.4, -0.2) is 25.3 Å². The molecule has 0 spiro atoms. The smallest absolute Gasteiger partial charge is 0.127 e. The SMILES string of the molecule is C=CCNCC(O)c1cc(C)cc(C)c1OC. The van der Waals surface area contributed by atoms with Gasteiger partial charge in [0.1, 0.15) is 5.75 Å². The lowest BCUT2D eigenvalue weighted by atomic mass is 10.0. The van der Waals surface area contributed by atoms with E-state index in [0.717, 1.165) is 22.4 Å². The number of aliphatic hydroxyl groups excluding tert-OH is 1. The molecule has 1 rings (SSSR count). The Morgan fingerprint density at radius 2 is 2.18 bits per heavy atom. The summed E-state index contributed by atoms with van der Waals surface area (Å²) in [7, 11) is 1.63. The quantitative estimate of drug-likeness (QED) is 0.586. The Hall–Kier alpha value is -1.32. The molecule has 0 aliphatic carbocycles. The molecule has 0 aliphatic heterocycles. The molecule has 94 valence electrons. The van der Waals surface area contributed by atoms with E-state index in [9.17, 15) is 5.11 Å². The Balaban J connectivity index is 2.90. The van der Waals surface area contributed by atoms with Gasteiger partial charge in [0, 0.05) is 18.7 Å². The van der Waals surface area contributed by atoms with Crippen LogP contribution in [0.2, 0.25) is 0 Å². The van der Waals surface area contributed by atoms with Crippen LogP contribution in [0.5, 0.6) is 5.75 Å². The second-order valence-electron chi connectivity index (χ2n) is 4.17. The lowest BCUT2D eigenvalue weighted by molar-refractivity contribution is 0.172. The summed E-state index contributed by atoms with van der Waals surface area (Å²) in [5.41, 5.74) is 3.01. The minimum Gasteiger partial charge on any atom is -0.496 e. The molecule has 1 aromatic rings. The molecule has 0 saturated carbocycles. The van der Waals surface area contributed by atoms with Crippen molar-refractivity contribution >= 4 is 0 Å². The molecule has 0 fully saturated rings. The first-order valence-electron chi connectivity index (χ1n) is 5.75. The lowest BCUT2D eigenvalue weighted by Crippen LogP contribution is -2.22. The Morgan fingerprint density at radius 3 is 2.76 bits per heavy atom. The first kappa shape index (κ1) is 13.7. The van der Waals surface area contributed by atoms with Crippen LogP contribution in [-0.2, 0) is 0 Å². The molecule has 1 unspecified atom stereocenters. The second kappa shape index (κ2) is 6.42. The summed E-state index contributed by atoms with van der Waals surface area (Å²) in [6.45, 7) is 8.80. The molecular formula is C14H21NO2. The Labute approximate surface area is 103 Å². The molecule has 0 heterocycles. The molecule has 0 aliphatic rings. The monoisotopic (exact) mass is 235 g/mol. The highest BCUT2D eigenvalue weighted by molar-refractivity contribution is 5.45. The van der Waals surface area contributed by atoms with Gasteiger partial charge in [0.2, 0.25) is 0 Å². The van der Waals surface area contributed by atoms with Crippen molar-refractivity contribution < 1.29 is 9.84 Å². The summed E-state index contributed by atoms with van der Waals surface area (Å²) in [5, 5.41) is 13.2. The van der Waals surface area contributed by atoms with Gasteiger partial charge in [-0.2, -0.15) is 0 Å². The summed E-state index contributed by atoms with van der Waals surface area (Å²) in [4.78, 5) is 0. The van der Waals surface area contributed by atoms with Crippen molar-refractivity contribution in [2.45, 2.75) is 20.0 Å². The van der Waals surface area contributed by atoms with Gasteiger partial charge in [0.15, 0.2) is 0 Å². The number of benzene rings is 1. The van der Waals surface area contributed by atoms with Crippen molar-refractivity contribution in [1.29, 1.82) is 0 Å². The van der Waals surface area contributed by atoms with Gasteiger partial charge >= 0.3 is 0 Å². The van der Waals surface area contributed by atoms with E-state index in [2.05, 4.69) is 11.9 Å². The van der Waals surface area contributed by atoms with Crippen molar-refractivity contribution in [3.8, 4) is 5.75 Å². The Bertz CT molecular complexity index is 388. The molecule has 17 heavy (non-hydrogen) atoms. The van der Waals surface area contributed by atoms with Gasteiger partial charge in [-0.1, -0.05) is 17.7 Å². The van der Waals surface area contributed by atoms with Gasteiger partial charge in [-0.25, -0.2) is 0 Å². The van der Waals surface area contributed by atoms with Gasteiger partial charge in [-0.15, -0.1) is 6.58 Å². The molecular weight excluding hydrogens is 214 g/mol. The van der Waals surface area contributed by atoms with Gasteiger partial charge in [-0.05, 0) is 25.5 Å². The predicted octanol–water partition coefficient (Wildman–Crippen LogP) is 2.12. The van der Waals surface area contributed by atoms with Crippen LogP contribution in [0.4, 0.5) is 0 Å². The van der Waals surface area contributed by atoms with Crippen LogP contribution in [0.3, 0.4) is 0 Å². The number of methoxy groups -OCH3 is 1. The van der Waals surface area contributed by atoms with E-state index in [1.165, 1.54) is 0 Å². The van der Waals surface area contributed by atoms with Crippen LogP contribution in [0.15, 0.2) is 24.8 Å². The molecule has 1 atom stereocenters. The number of hydrogen-bond acceptors (Lipinski definition) is 3. The average molecular weight is 235 g/mol. The summed E-state index contributed by atoms with van der Waals surface area (Å²) < 4.78 is 5.35. The van der Waals surface area contributed by atoms with E-state index in [1.807, 2.05) is 26.0 Å². The van der Waals surface area contributed by atoms with Crippen molar-refractivity contribution in [3.05, 3.63) is 41.5 Å². The van der Waals surface area contributed by atoms with Gasteiger partial charge in [-0.3, -0.25) is 0 Å². The van der Waals surface area contributed by atoms with Crippen molar-refractivity contribution in [2.75, 3.05) is 20.2 Å². The second-order valence-corrected chi connectivity index (χ2v) is 4.17. The Kier molecular flexibility index (Phi) is 5.19. The van der Waals surface area contributed by atoms with Crippen LogP contribution >= 0.6 is 0 Å². The highest BCUT2D eigenvalue weighted by atomic mass is 16.5. The molecule has 3 nitrogen and oxygen atoms in total. The van der Waals surface area contributed by atoms with Gasteiger partial charge in [0.25, 0.3) is 0 Å². The first-order chi connectivity index (χ1) is 8.10. The van der Waals surface area contributed by atoms with Crippen molar-refractivity contribution in [1.82, 2.24) is 5.32 Å². The average Bonchev–Trinajstić information content (AvgIpc) is 2.28. The molecule has 1 aromatic carbocycles. The van der Waals surface area contributed by atoms with Crippen LogP contribution in [0.25, 0.3) is 0 Å². The first-order valence-corrected chi connectivity index (χ1v) is 5.75. The molecule has 3 heteroatoms. The third-order valence-electron chi connectivity index (χ3n) is 2.64. The van der Waals surface area contributed by atoms with E-state index in [4.69, 9.17) is 4.74 Å². The molecule has 0 aromatic heterocycles. The van der Waals surface area contributed by atoms with Crippen LogP contribution in [0.1, 0.15) is 22.8 Å². The Morgan fingerprint density at radius 1 is 1.47 bits per heavy atom. The number of ether oxygens (including phenoxy) is 1. The number of hydrogen-bond donors (Lipinski definition) is 2. The molecule has 0 radical (unpaired) electrons. The highest BCUT2D eigenvalue weighted by Gasteiger charge is 2.15. The molecule has 0 bridgehead atoms. The van der Waals surface area contributed by atoms with E-state index in [-0.39, 0.29) is 0 Å². The molecule has 0 amide bonds. The van der Waals surface area contributed by atoms with Gasteiger partial charge in [0.05, 0.1) is 13.2 Å². The van der Waals surface area contributed by atoms with E-state index < -0.39 is 6.10 Å². The van der Waals surface area contributed by atoms with Crippen molar-refractivity contribution in [3.63, 3.8) is 0 Å². The minimum absolute atomic E-state index is 0.491. The van der Waals surface area contributed by atoms with Crippen molar-refractivity contribution in [2.24, 2.45) is 0 Å². The number of aryl methyl sites for hydroxylation is 2. The summed E-state index contributed by atoms with van der Waals surface area (Å²) in [6.07, 6.45) is 1.20.